The fourth-order valence-corrected chi connectivity index (χ4v) is 2.74. The van der Waals surface area contributed by atoms with E-state index in [1.165, 1.54) is 6.20 Å². The van der Waals surface area contributed by atoms with Crippen LogP contribution in [-0.4, -0.2) is 40.2 Å². The molecule has 2 rings (SSSR count). The number of unbranched alkanes of at least 4 members (excludes halogenated alkanes) is 1. The second-order valence-electron chi connectivity index (χ2n) is 7.25. The van der Waals surface area contributed by atoms with Gasteiger partial charge in [-0.25, -0.2) is 4.98 Å². The molecule has 0 radical (unpaired) electrons. The molecule has 0 aliphatic carbocycles. The number of halogens is 3. The zero-order valence-electron chi connectivity index (χ0n) is 16.3. The highest BCUT2D eigenvalue weighted by Crippen LogP contribution is 2.36. The fraction of sp³-hybridized carbons (Fsp3) is 0.579. The molecule has 2 aromatic rings. The normalized spacial score (nSPS) is 12.2. The Morgan fingerprint density at radius 1 is 1.26 bits per heavy atom. The molecular weight excluding hydrogens is 355 g/mol. The number of hydrogen-bond donors (Lipinski definition) is 2. The molecule has 0 atom stereocenters. The van der Waals surface area contributed by atoms with Crippen LogP contribution in [0, 0.1) is 5.92 Å². The summed E-state index contributed by atoms with van der Waals surface area (Å²) in [4.78, 5) is 6.18. The van der Waals surface area contributed by atoms with E-state index in [4.69, 9.17) is 0 Å². The van der Waals surface area contributed by atoms with Gasteiger partial charge in [0.05, 0.1) is 17.5 Å². The lowest BCUT2D eigenvalue weighted by Gasteiger charge is -2.18. The van der Waals surface area contributed by atoms with E-state index in [1.807, 2.05) is 20.9 Å². The van der Waals surface area contributed by atoms with Crippen LogP contribution < -0.4 is 5.32 Å². The van der Waals surface area contributed by atoms with Crippen molar-refractivity contribution in [3.63, 3.8) is 0 Å². The van der Waals surface area contributed by atoms with Crippen molar-refractivity contribution in [1.82, 2.24) is 20.1 Å². The molecule has 0 unspecified atom stereocenters. The minimum Gasteiger partial charge on any atom is -0.369 e. The third-order valence-electron chi connectivity index (χ3n) is 4.21. The molecule has 27 heavy (non-hydrogen) atoms. The molecule has 2 N–H and O–H groups in total. The third-order valence-corrected chi connectivity index (χ3v) is 4.21. The van der Waals surface area contributed by atoms with Gasteiger partial charge in [-0.1, -0.05) is 27.2 Å². The number of pyridine rings is 1. The van der Waals surface area contributed by atoms with Gasteiger partial charge in [-0.3, -0.25) is 5.10 Å². The monoisotopic (exact) mass is 383 g/mol. The lowest BCUT2D eigenvalue weighted by molar-refractivity contribution is -0.137. The first-order chi connectivity index (χ1) is 12.7. The average Bonchev–Trinajstić information content (AvgIpc) is 3.05. The number of aromatic amines is 1. The van der Waals surface area contributed by atoms with Crippen molar-refractivity contribution in [2.75, 3.05) is 25.5 Å². The maximum atomic E-state index is 13.5. The zero-order valence-corrected chi connectivity index (χ0v) is 16.3. The Morgan fingerprint density at radius 2 is 2.00 bits per heavy atom. The Bertz CT molecular complexity index is 724. The molecule has 5 nitrogen and oxygen atoms in total. The number of aromatic nitrogens is 3. The average molecular weight is 383 g/mol. The Hall–Kier alpha value is -2.09. The van der Waals surface area contributed by atoms with Crippen molar-refractivity contribution < 1.29 is 13.2 Å². The van der Waals surface area contributed by atoms with Crippen molar-refractivity contribution in [3.8, 4) is 11.3 Å². The minimum atomic E-state index is -4.49. The molecule has 0 bridgehead atoms. The highest BCUT2D eigenvalue weighted by Gasteiger charge is 2.35. The summed E-state index contributed by atoms with van der Waals surface area (Å²) in [6, 6.07) is 1.14. The van der Waals surface area contributed by atoms with Gasteiger partial charge >= 0.3 is 6.18 Å². The molecule has 0 aliphatic heterocycles. The maximum Gasteiger partial charge on any atom is 0.419 e. The molecule has 0 amide bonds. The molecule has 0 saturated heterocycles. The van der Waals surface area contributed by atoms with Gasteiger partial charge in [-0.15, -0.1) is 0 Å². The highest BCUT2D eigenvalue weighted by atomic mass is 19.4. The fourth-order valence-electron chi connectivity index (χ4n) is 2.74. The zero-order chi connectivity index (χ0) is 20.0. The van der Waals surface area contributed by atoms with Gasteiger partial charge in [0.25, 0.3) is 0 Å². The third kappa shape index (κ3) is 5.95. The second-order valence-corrected chi connectivity index (χ2v) is 7.25. The summed E-state index contributed by atoms with van der Waals surface area (Å²) in [5, 5.41) is 9.65. The maximum absolute atomic E-state index is 13.5. The Morgan fingerprint density at radius 3 is 2.63 bits per heavy atom. The van der Waals surface area contributed by atoms with E-state index in [1.54, 1.807) is 6.20 Å². The largest absolute Gasteiger partial charge is 0.419 e. The summed E-state index contributed by atoms with van der Waals surface area (Å²) in [6.07, 6.45) is 0.795. The number of H-pyrrole nitrogens is 1. The van der Waals surface area contributed by atoms with E-state index in [9.17, 15) is 13.2 Å². The predicted molar refractivity (Wildman–Crippen MR) is 101 cm³/mol. The van der Waals surface area contributed by atoms with E-state index in [0.717, 1.165) is 31.0 Å². The summed E-state index contributed by atoms with van der Waals surface area (Å²) in [5.74, 6) is 0.0755. The lowest BCUT2D eigenvalue weighted by atomic mass is 10.1. The van der Waals surface area contributed by atoms with Crippen LogP contribution >= 0.6 is 0 Å². The molecule has 0 fully saturated rings. The molecule has 150 valence electrons. The van der Waals surface area contributed by atoms with Crippen LogP contribution in [0.5, 0.6) is 0 Å². The van der Waals surface area contributed by atoms with Crippen LogP contribution in [-0.2, 0) is 12.7 Å². The van der Waals surface area contributed by atoms with E-state index < -0.39 is 11.7 Å². The predicted octanol–water partition coefficient (Wildman–Crippen LogP) is 4.79. The molecule has 0 saturated carbocycles. The smallest absolute Gasteiger partial charge is 0.369 e. The van der Waals surface area contributed by atoms with Gasteiger partial charge in [0.1, 0.15) is 5.82 Å². The number of alkyl halides is 3. The second kappa shape index (κ2) is 9.21. The van der Waals surface area contributed by atoms with Crippen LogP contribution in [0.15, 0.2) is 18.5 Å². The summed E-state index contributed by atoms with van der Waals surface area (Å²) < 4.78 is 40.6. The number of nitrogens with one attached hydrogen (secondary N) is 2. The standard InChI is InChI=1S/C19H28F3N5/c1-5-6-7-27(4)12-15-11-25-26-17(15)14-8-16(19(20,21)22)18(24-10-14)23-9-13(2)3/h8,10-11,13H,5-7,9,12H2,1-4H3,(H,23,24)(H,25,26). The van der Waals surface area contributed by atoms with E-state index in [2.05, 4.69) is 32.3 Å². The molecule has 0 spiro atoms. The van der Waals surface area contributed by atoms with Gasteiger partial charge in [0.2, 0.25) is 0 Å². The van der Waals surface area contributed by atoms with Crippen LogP contribution in [0.2, 0.25) is 0 Å². The first-order valence-electron chi connectivity index (χ1n) is 9.24. The van der Waals surface area contributed by atoms with Gasteiger partial charge in [0, 0.05) is 30.4 Å². The van der Waals surface area contributed by atoms with Crippen LogP contribution in [0.4, 0.5) is 19.0 Å². The summed E-state index contributed by atoms with van der Waals surface area (Å²) >= 11 is 0. The van der Waals surface area contributed by atoms with Gasteiger partial charge < -0.3 is 10.2 Å². The molecule has 0 aliphatic rings. The van der Waals surface area contributed by atoms with E-state index in [0.29, 0.717) is 24.3 Å². The lowest BCUT2D eigenvalue weighted by Crippen LogP contribution is -2.19. The van der Waals surface area contributed by atoms with Crippen LogP contribution in [0.3, 0.4) is 0 Å². The quantitative estimate of drug-likeness (QED) is 0.654. The summed E-state index contributed by atoms with van der Waals surface area (Å²) in [7, 11) is 1.99. The number of nitrogens with zero attached hydrogens (tertiary/aromatic N) is 3. The van der Waals surface area contributed by atoms with E-state index >= 15 is 0 Å². The van der Waals surface area contributed by atoms with Gasteiger partial charge in [-0.2, -0.15) is 18.3 Å². The number of anilines is 1. The Kier molecular flexibility index (Phi) is 7.24. The first-order valence-corrected chi connectivity index (χ1v) is 9.24. The molecular formula is C19H28F3N5. The molecule has 0 aromatic carbocycles. The summed E-state index contributed by atoms with van der Waals surface area (Å²) in [6.45, 7) is 7.94. The van der Waals surface area contributed by atoms with Gasteiger partial charge in [-0.05, 0) is 32.0 Å². The highest BCUT2D eigenvalue weighted by molar-refractivity contribution is 5.65. The Balaban J connectivity index is 2.30. The van der Waals surface area contributed by atoms with Crippen LogP contribution in [0.1, 0.15) is 44.7 Å². The van der Waals surface area contributed by atoms with Crippen molar-refractivity contribution in [3.05, 3.63) is 29.6 Å². The van der Waals surface area contributed by atoms with Crippen molar-refractivity contribution in [2.45, 2.75) is 46.3 Å². The molecule has 2 aromatic heterocycles. The van der Waals surface area contributed by atoms with Crippen molar-refractivity contribution >= 4 is 5.82 Å². The Labute approximate surface area is 158 Å². The summed E-state index contributed by atoms with van der Waals surface area (Å²) in [5.41, 5.74) is 1.05. The van der Waals surface area contributed by atoms with Crippen molar-refractivity contribution in [2.24, 2.45) is 5.92 Å². The number of rotatable bonds is 9. The van der Waals surface area contributed by atoms with Gasteiger partial charge in [0.15, 0.2) is 0 Å². The van der Waals surface area contributed by atoms with E-state index in [-0.39, 0.29) is 11.7 Å². The topological polar surface area (TPSA) is 56.8 Å². The molecule has 2 heterocycles. The molecule has 8 heteroatoms. The first kappa shape index (κ1) is 21.2. The van der Waals surface area contributed by atoms with Crippen LogP contribution in [0.25, 0.3) is 11.3 Å². The minimum absolute atomic E-state index is 0.138. The number of hydrogen-bond acceptors (Lipinski definition) is 4. The SMILES string of the molecule is CCCCN(C)Cc1cn[nH]c1-c1cnc(NCC(C)C)c(C(F)(F)F)c1. The van der Waals surface area contributed by atoms with Crippen molar-refractivity contribution in [1.29, 1.82) is 0 Å².